The van der Waals surface area contributed by atoms with E-state index in [2.05, 4.69) is 0 Å². The van der Waals surface area contributed by atoms with Crippen LogP contribution < -0.4 is 9.62 Å². The number of hydrogen-bond acceptors (Lipinski definition) is 8. The van der Waals surface area contributed by atoms with E-state index in [4.69, 9.17) is 19.2 Å². The van der Waals surface area contributed by atoms with Gasteiger partial charge in [0.05, 0.1) is 23.8 Å². The van der Waals surface area contributed by atoms with Crippen LogP contribution in [0.25, 0.3) is 22.3 Å². The Balaban J connectivity index is 1.14. The van der Waals surface area contributed by atoms with E-state index in [0.717, 1.165) is 16.7 Å². The van der Waals surface area contributed by atoms with Crippen molar-refractivity contribution < 1.29 is 48.6 Å². The van der Waals surface area contributed by atoms with Gasteiger partial charge in [-0.3, -0.25) is 4.79 Å². The van der Waals surface area contributed by atoms with Crippen LogP contribution in [0.3, 0.4) is 0 Å². The van der Waals surface area contributed by atoms with Gasteiger partial charge in [0.25, 0.3) is 0 Å². The highest BCUT2D eigenvalue weighted by molar-refractivity contribution is 6.04. The number of hydrogen-bond donors (Lipinski definition) is 2. The van der Waals surface area contributed by atoms with E-state index in [1.807, 2.05) is 66.7 Å². The summed E-state index contributed by atoms with van der Waals surface area (Å²) >= 11 is 0. The molecule has 0 saturated heterocycles. The predicted molar refractivity (Wildman–Crippen MR) is 199 cm³/mol. The number of aromatic carboxylic acids is 2. The van der Waals surface area contributed by atoms with Crippen LogP contribution >= 0.6 is 0 Å². The van der Waals surface area contributed by atoms with Crippen molar-refractivity contribution in [3.05, 3.63) is 179 Å². The van der Waals surface area contributed by atoms with Gasteiger partial charge < -0.3 is 24.6 Å². The fraction of sp³-hybridized carbons (Fsp3) is 0.0909. The van der Waals surface area contributed by atoms with Crippen LogP contribution in [0, 0.1) is 0 Å². The zero-order valence-electron chi connectivity index (χ0n) is 29.2. The van der Waals surface area contributed by atoms with E-state index in [1.165, 1.54) is 31.4 Å². The number of methoxy groups -OCH3 is 1. The minimum absolute atomic E-state index is 0.0902. The Morgan fingerprint density at radius 2 is 1.06 bits per heavy atom. The SMILES string of the molecule is COC(=O)C(C)(c1ccc(OOCc2ccc(-c3ccccc3)cc2C(=O)O)cc1)c1ccc(OC(=O)c2ccc(-c3ccccc3)cc2C(=O)O)cc1. The first-order chi connectivity index (χ1) is 26.1. The number of rotatable bonds is 13. The van der Waals surface area contributed by atoms with Crippen molar-refractivity contribution in [3.8, 4) is 33.8 Å². The summed E-state index contributed by atoms with van der Waals surface area (Å²) in [7, 11) is 1.28. The summed E-state index contributed by atoms with van der Waals surface area (Å²) in [5.41, 5.74) is 3.09. The standard InChI is InChI=1S/C44H34O10/c1-44(43(50)51-2,33-16-20-35(21-17-33)53-42(49)37-24-15-31(26-39(37)41(47)48)29-11-7-4-8-12-29)34-18-22-36(23-19-34)54-52-27-32-14-13-30(25-38(32)40(45)46)28-9-5-3-6-10-28/h3-26H,27H2,1-2H3,(H,45,46)(H,47,48). The monoisotopic (exact) mass is 722 g/mol. The Hall–Kier alpha value is -7.04. The lowest BCUT2D eigenvalue weighted by Gasteiger charge is -2.28. The molecule has 0 spiro atoms. The summed E-state index contributed by atoms with van der Waals surface area (Å²) < 4.78 is 10.7. The van der Waals surface area contributed by atoms with Crippen LogP contribution in [0.15, 0.2) is 146 Å². The van der Waals surface area contributed by atoms with Crippen LogP contribution in [0.2, 0.25) is 0 Å². The number of carboxylic acids is 2. The van der Waals surface area contributed by atoms with Crippen molar-refractivity contribution in [1.29, 1.82) is 0 Å². The molecule has 54 heavy (non-hydrogen) atoms. The molecule has 1 unspecified atom stereocenters. The van der Waals surface area contributed by atoms with Crippen molar-refractivity contribution in [2.24, 2.45) is 0 Å². The average molecular weight is 723 g/mol. The zero-order chi connectivity index (χ0) is 38.2. The average Bonchev–Trinajstić information content (AvgIpc) is 3.21. The quantitative estimate of drug-likeness (QED) is 0.0514. The number of ether oxygens (including phenoxy) is 2. The molecule has 2 N–H and O–H groups in total. The van der Waals surface area contributed by atoms with Gasteiger partial charge >= 0.3 is 23.9 Å². The molecule has 0 heterocycles. The topological polar surface area (TPSA) is 146 Å². The fourth-order valence-corrected chi connectivity index (χ4v) is 6.05. The maximum Gasteiger partial charge on any atom is 0.344 e. The minimum Gasteiger partial charge on any atom is -0.478 e. The summed E-state index contributed by atoms with van der Waals surface area (Å²) in [5, 5.41) is 19.7. The van der Waals surface area contributed by atoms with Gasteiger partial charge in [-0.1, -0.05) is 103 Å². The summed E-state index contributed by atoms with van der Waals surface area (Å²) in [6, 6.07) is 41.1. The maximum absolute atomic E-state index is 13.3. The summed E-state index contributed by atoms with van der Waals surface area (Å²) in [5.74, 6) is -3.32. The molecule has 6 aromatic carbocycles. The summed E-state index contributed by atoms with van der Waals surface area (Å²) in [4.78, 5) is 61.4. The van der Waals surface area contributed by atoms with Gasteiger partial charge in [0.15, 0.2) is 5.75 Å². The van der Waals surface area contributed by atoms with Crippen molar-refractivity contribution in [1.82, 2.24) is 0 Å². The van der Waals surface area contributed by atoms with E-state index < -0.39 is 29.3 Å². The van der Waals surface area contributed by atoms with Gasteiger partial charge in [-0.05, 0) is 88.3 Å². The van der Waals surface area contributed by atoms with Crippen LogP contribution in [-0.4, -0.2) is 41.2 Å². The molecule has 10 nitrogen and oxygen atoms in total. The Labute approximate surface area is 310 Å². The van der Waals surface area contributed by atoms with Crippen LogP contribution in [0.5, 0.6) is 11.5 Å². The third-order valence-corrected chi connectivity index (χ3v) is 9.06. The van der Waals surface area contributed by atoms with Gasteiger partial charge in [0, 0.05) is 0 Å². The van der Waals surface area contributed by atoms with Crippen molar-refractivity contribution >= 4 is 23.9 Å². The predicted octanol–water partition coefficient (Wildman–Crippen LogP) is 8.63. The number of carbonyl (C=O) groups is 4. The summed E-state index contributed by atoms with van der Waals surface area (Å²) in [6.07, 6.45) is 0. The number of carboxylic acid groups (broad SMARTS) is 2. The van der Waals surface area contributed by atoms with E-state index in [-0.39, 0.29) is 29.0 Å². The molecular formula is C44H34O10. The molecule has 0 fully saturated rings. The van der Waals surface area contributed by atoms with Gasteiger partial charge in [0.1, 0.15) is 17.8 Å². The number of benzene rings is 6. The van der Waals surface area contributed by atoms with Gasteiger partial charge in [-0.15, -0.1) is 0 Å². The third-order valence-electron chi connectivity index (χ3n) is 9.06. The van der Waals surface area contributed by atoms with E-state index in [1.54, 1.807) is 61.5 Å². The van der Waals surface area contributed by atoms with Crippen molar-refractivity contribution in [3.63, 3.8) is 0 Å². The molecule has 6 rings (SSSR count). The molecule has 0 aromatic heterocycles. The molecule has 1 atom stereocenters. The largest absolute Gasteiger partial charge is 0.478 e. The highest BCUT2D eigenvalue weighted by Crippen LogP contribution is 2.36. The second kappa shape index (κ2) is 16.1. The Morgan fingerprint density at radius 1 is 0.556 bits per heavy atom. The molecule has 0 amide bonds. The first-order valence-electron chi connectivity index (χ1n) is 16.7. The first kappa shape index (κ1) is 36.7. The lowest BCUT2D eigenvalue weighted by molar-refractivity contribution is -0.217. The van der Waals surface area contributed by atoms with Crippen molar-refractivity contribution in [2.45, 2.75) is 18.9 Å². The second-order valence-corrected chi connectivity index (χ2v) is 12.4. The molecule has 6 aromatic rings. The van der Waals surface area contributed by atoms with E-state index in [9.17, 15) is 29.4 Å². The molecule has 270 valence electrons. The van der Waals surface area contributed by atoms with Gasteiger partial charge in [-0.2, -0.15) is 4.89 Å². The molecule has 0 aliphatic carbocycles. The van der Waals surface area contributed by atoms with Gasteiger partial charge in [0.2, 0.25) is 0 Å². The lowest BCUT2D eigenvalue weighted by Crippen LogP contribution is -2.35. The molecular weight excluding hydrogens is 688 g/mol. The maximum atomic E-state index is 13.3. The summed E-state index contributed by atoms with van der Waals surface area (Å²) in [6.45, 7) is 1.55. The van der Waals surface area contributed by atoms with Gasteiger partial charge in [-0.25, -0.2) is 14.4 Å². The molecule has 0 aliphatic rings. The normalized spacial score (nSPS) is 11.9. The minimum atomic E-state index is -1.29. The number of esters is 2. The smallest absolute Gasteiger partial charge is 0.344 e. The van der Waals surface area contributed by atoms with Crippen molar-refractivity contribution in [2.75, 3.05) is 7.11 Å². The van der Waals surface area contributed by atoms with Crippen LogP contribution in [0.4, 0.5) is 0 Å². The van der Waals surface area contributed by atoms with Crippen LogP contribution in [0.1, 0.15) is 54.7 Å². The number of carbonyl (C=O) groups excluding carboxylic acids is 2. The third kappa shape index (κ3) is 7.89. The highest BCUT2D eigenvalue weighted by Gasteiger charge is 2.38. The fourth-order valence-electron chi connectivity index (χ4n) is 6.05. The first-order valence-corrected chi connectivity index (χ1v) is 16.7. The molecule has 0 radical (unpaired) electrons. The molecule has 0 bridgehead atoms. The zero-order valence-corrected chi connectivity index (χ0v) is 29.2. The molecule has 0 aliphatic heterocycles. The molecule has 0 saturated carbocycles. The Bertz CT molecular complexity index is 2300. The Morgan fingerprint density at radius 3 is 1.57 bits per heavy atom. The lowest BCUT2D eigenvalue weighted by atomic mass is 9.76. The van der Waals surface area contributed by atoms with Crippen LogP contribution in [-0.2, 0) is 26.4 Å². The van der Waals surface area contributed by atoms with E-state index in [0.29, 0.717) is 28.0 Å². The second-order valence-electron chi connectivity index (χ2n) is 12.4. The highest BCUT2D eigenvalue weighted by atomic mass is 17.2. The Kier molecular flexibility index (Phi) is 11.0. The van der Waals surface area contributed by atoms with E-state index >= 15 is 0 Å². The molecule has 10 heteroatoms.